The summed E-state index contributed by atoms with van der Waals surface area (Å²) in [4.78, 5) is 0. The van der Waals surface area contributed by atoms with Crippen molar-refractivity contribution < 1.29 is 9.84 Å². The molecule has 0 spiro atoms. The Morgan fingerprint density at radius 3 is 2.80 bits per heavy atom. The molecule has 1 aliphatic rings. The number of nitrogens with one attached hydrogen (secondary N) is 1. The van der Waals surface area contributed by atoms with Crippen molar-refractivity contribution in [1.29, 1.82) is 5.26 Å². The van der Waals surface area contributed by atoms with Crippen LogP contribution in [0, 0.1) is 11.3 Å². The Morgan fingerprint density at radius 1 is 1.45 bits per heavy atom. The molecule has 4 heteroatoms. The number of benzene rings is 1. The molecule has 0 aliphatic heterocycles. The molecule has 0 radical (unpaired) electrons. The maximum absolute atomic E-state index is 9.43. The highest BCUT2D eigenvalue weighted by atomic mass is 16.5. The van der Waals surface area contributed by atoms with Crippen molar-refractivity contribution in [3.63, 3.8) is 0 Å². The van der Waals surface area contributed by atoms with Gasteiger partial charge in [-0.15, -0.1) is 0 Å². The van der Waals surface area contributed by atoms with Crippen LogP contribution in [0.4, 0.5) is 0 Å². The van der Waals surface area contributed by atoms with Crippen molar-refractivity contribution in [2.24, 2.45) is 0 Å². The van der Waals surface area contributed by atoms with Gasteiger partial charge in [0.05, 0.1) is 12.7 Å². The number of hydrogen-bond acceptors (Lipinski definition) is 4. The lowest BCUT2D eigenvalue weighted by Crippen LogP contribution is -2.49. The lowest BCUT2D eigenvalue weighted by Gasteiger charge is -2.36. The zero-order chi connectivity index (χ0) is 14.4. The number of nitriles is 1. The molecule has 20 heavy (non-hydrogen) atoms. The van der Waals surface area contributed by atoms with E-state index in [0.29, 0.717) is 0 Å². The minimum atomic E-state index is -0.442. The summed E-state index contributed by atoms with van der Waals surface area (Å²) in [5, 5.41) is 21.8. The van der Waals surface area contributed by atoms with Crippen molar-refractivity contribution in [2.45, 2.75) is 50.9 Å². The molecule has 0 saturated heterocycles. The van der Waals surface area contributed by atoms with E-state index in [9.17, 15) is 5.26 Å². The number of ether oxygens (including phenoxy) is 1. The summed E-state index contributed by atoms with van der Waals surface area (Å²) in [6, 6.07) is 9.90. The molecule has 1 aromatic carbocycles. The second-order valence-electron chi connectivity index (χ2n) is 5.36. The van der Waals surface area contributed by atoms with E-state index in [2.05, 4.69) is 11.4 Å². The number of aliphatic hydroxyl groups is 1. The summed E-state index contributed by atoms with van der Waals surface area (Å²) in [6.07, 6.45) is 3.67. The van der Waals surface area contributed by atoms with Gasteiger partial charge in [-0.1, -0.05) is 19.1 Å². The second kappa shape index (κ2) is 6.74. The van der Waals surface area contributed by atoms with E-state index in [1.807, 2.05) is 31.2 Å². The summed E-state index contributed by atoms with van der Waals surface area (Å²) >= 11 is 0. The van der Waals surface area contributed by atoms with Crippen molar-refractivity contribution in [1.82, 2.24) is 5.32 Å². The minimum Gasteiger partial charge on any atom is -0.490 e. The van der Waals surface area contributed by atoms with Gasteiger partial charge in [-0.05, 0) is 43.5 Å². The molecule has 1 fully saturated rings. The van der Waals surface area contributed by atoms with Crippen LogP contribution < -0.4 is 10.1 Å². The second-order valence-corrected chi connectivity index (χ2v) is 5.36. The summed E-state index contributed by atoms with van der Waals surface area (Å²) in [5.74, 6) is 0.803. The first-order chi connectivity index (χ1) is 9.71. The summed E-state index contributed by atoms with van der Waals surface area (Å²) in [6.45, 7) is 2.87. The van der Waals surface area contributed by atoms with Crippen LogP contribution >= 0.6 is 0 Å². The molecule has 4 nitrogen and oxygen atoms in total. The van der Waals surface area contributed by atoms with Crippen molar-refractivity contribution in [2.75, 3.05) is 6.54 Å². The summed E-state index contributed by atoms with van der Waals surface area (Å²) in [7, 11) is 0. The smallest absolute Gasteiger partial charge is 0.119 e. The third-order valence-corrected chi connectivity index (χ3v) is 3.84. The van der Waals surface area contributed by atoms with E-state index < -0.39 is 5.54 Å². The zero-order valence-electron chi connectivity index (χ0n) is 11.9. The van der Waals surface area contributed by atoms with Gasteiger partial charge < -0.3 is 9.84 Å². The third-order valence-electron chi connectivity index (χ3n) is 3.84. The minimum absolute atomic E-state index is 0.0433. The summed E-state index contributed by atoms with van der Waals surface area (Å²) < 4.78 is 5.99. The monoisotopic (exact) mass is 274 g/mol. The van der Waals surface area contributed by atoms with Gasteiger partial charge >= 0.3 is 0 Å². The standard InChI is InChI=1S/C16H22N2O2/c1-2-18-16(12-17)9-3-4-15(10-16)20-14-7-5-13(11-19)6-8-14/h5-8,15,18-19H,2-4,9-11H2,1H3. The topological polar surface area (TPSA) is 65.3 Å². The van der Waals surface area contributed by atoms with Crippen LogP contribution in [-0.4, -0.2) is 23.3 Å². The fourth-order valence-corrected chi connectivity index (χ4v) is 2.83. The highest BCUT2D eigenvalue weighted by Crippen LogP contribution is 2.30. The molecule has 1 aliphatic carbocycles. The molecular weight excluding hydrogens is 252 g/mol. The maximum Gasteiger partial charge on any atom is 0.119 e. The first-order valence-electron chi connectivity index (χ1n) is 7.24. The molecule has 0 heterocycles. The highest BCUT2D eigenvalue weighted by molar-refractivity contribution is 5.27. The number of hydrogen-bond donors (Lipinski definition) is 2. The normalized spacial score (nSPS) is 25.9. The van der Waals surface area contributed by atoms with Crippen LogP contribution in [-0.2, 0) is 6.61 Å². The van der Waals surface area contributed by atoms with E-state index in [-0.39, 0.29) is 12.7 Å². The lowest BCUT2D eigenvalue weighted by atomic mass is 9.81. The van der Waals surface area contributed by atoms with Crippen LogP contribution in [0.1, 0.15) is 38.2 Å². The van der Waals surface area contributed by atoms with E-state index in [1.54, 1.807) is 0 Å². The molecule has 0 amide bonds. The Kier molecular flexibility index (Phi) is 4.99. The number of rotatable bonds is 5. The average Bonchev–Trinajstić information content (AvgIpc) is 2.49. The predicted molar refractivity (Wildman–Crippen MR) is 77.3 cm³/mol. The molecule has 0 bridgehead atoms. The van der Waals surface area contributed by atoms with E-state index in [0.717, 1.165) is 43.5 Å². The van der Waals surface area contributed by atoms with Gasteiger partial charge in [-0.3, -0.25) is 5.32 Å². The van der Waals surface area contributed by atoms with Crippen LogP contribution in [0.5, 0.6) is 5.75 Å². The molecular formula is C16H22N2O2. The molecule has 0 aromatic heterocycles. The zero-order valence-corrected chi connectivity index (χ0v) is 11.9. The first-order valence-corrected chi connectivity index (χ1v) is 7.24. The molecule has 108 valence electrons. The maximum atomic E-state index is 9.43. The van der Waals surface area contributed by atoms with Gasteiger partial charge in [0.2, 0.25) is 0 Å². The molecule has 1 aromatic rings. The lowest BCUT2D eigenvalue weighted by molar-refractivity contribution is 0.113. The van der Waals surface area contributed by atoms with E-state index in [4.69, 9.17) is 9.84 Å². The Hall–Kier alpha value is -1.57. The van der Waals surface area contributed by atoms with Crippen LogP contribution in [0.25, 0.3) is 0 Å². The molecule has 2 rings (SSSR count). The van der Waals surface area contributed by atoms with Crippen molar-refractivity contribution >= 4 is 0 Å². The largest absolute Gasteiger partial charge is 0.490 e. The van der Waals surface area contributed by atoms with Gasteiger partial charge in [-0.2, -0.15) is 5.26 Å². The first kappa shape index (κ1) is 14.8. The summed E-state index contributed by atoms with van der Waals surface area (Å²) in [5.41, 5.74) is 0.433. The SMILES string of the molecule is CCNC1(C#N)CCCC(Oc2ccc(CO)cc2)C1. The van der Waals surface area contributed by atoms with Crippen LogP contribution in [0.2, 0.25) is 0 Å². The predicted octanol–water partition coefficient (Wildman–Crippen LogP) is 2.37. The van der Waals surface area contributed by atoms with Crippen LogP contribution in [0.3, 0.4) is 0 Å². The van der Waals surface area contributed by atoms with Gasteiger partial charge in [0.15, 0.2) is 0 Å². The molecule has 2 atom stereocenters. The third kappa shape index (κ3) is 3.50. The number of aliphatic hydroxyl groups excluding tert-OH is 1. The van der Waals surface area contributed by atoms with Gasteiger partial charge in [0, 0.05) is 6.42 Å². The Morgan fingerprint density at radius 2 is 2.20 bits per heavy atom. The number of nitrogens with zero attached hydrogens (tertiary/aromatic N) is 1. The van der Waals surface area contributed by atoms with Crippen LogP contribution in [0.15, 0.2) is 24.3 Å². The quantitative estimate of drug-likeness (QED) is 0.865. The fourth-order valence-electron chi connectivity index (χ4n) is 2.83. The Balaban J connectivity index is 2.00. The fraction of sp³-hybridized carbons (Fsp3) is 0.562. The van der Waals surface area contributed by atoms with Gasteiger partial charge in [-0.25, -0.2) is 0 Å². The van der Waals surface area contributed by atoms with E-state index >= 15 is 0 Å². The molecule has 2 unspecified atom stereocenters. The van der Waals surface area contributed by atoms with E-state index in [1.165, 1.54) is 0 Å². The van der Waals surface area contributed by atoms with Gasteiger partial charge in [0.1, 0.15) is 17.4 Å². The molecule has 2 N–H and O–H groups in total. The van der Waals surface area contributed by atoms with Crippen molar-refractivity contribution in [3.05, 3.63) is 29.8 Å². The van der Waals surface area contributed by atoms with Crippen molar-refractivity contribution in [3.8, 4) is 11.8 Å². The Labute approximate surface area is 120 Å². The highest BCUT2D eigenvalue weighted by Gasteiger charge is 2.36. The average molecular weight is 274 g/mol. The van der Waals surface area contributed by atoms with Gasteiger partial charge in [0.25, 0.3) is 0 Å². The molecule has 1 saturated carbocycles. The Bertz CT molecular complexity index is 462.